The van der Waals surface area contributed by atoms with Crippen molar-refractivity contribution in [2.75, 3.05) is 23.7 Å². The maximum Gasteiger partial charge on any atom is 0.258 e. The van der Waals surface area contributed by atoms with E-state index in [0.29, 0.717) is 28.2 Å². The van der Waals surface area contributed by atoms with Gasteiger partial charge in [-0.25, -0.2) is 4.98 Å². The monoisotopic (exact) mass is 488 g/mol. The third kappa shape index (κ3) is 7.51. The number of aromatic nitrogens is 1. The van der Waals surface area contributed by atoms with Gasteiger partial charge in [0.15, 0.2) is 0 Å². The van der Waals surface area contributed by atoms with E-state index < -0.39 is 0 Å². The van der Waals surface area contributed by atoms with Crippen molar-refractivity contribution < 1.29 is 9.90 Å². The molecule has 0 radical (unpaired) electrons. The number of anilines is 2. The van der Waals surface area contributed by atoms with Gasteiger partial charge in [0.25, 0.3) is 5.91 Å². The number of amides is 1. The Morgan fingerprint density at radius 2 is 1.94 bits per heavy atom. The first-order valence-corrected chi connectivity index (χ1v) is 10.5. The summed E-state index contributed by atoms with van der Waals surface area (Å²) >= 11 is 5.87. The molecule has 0 spiro atoms. The highest BCUT2D eigenvalue weighted by Crippen LogP contribution is 2.28. The van der Waals surface area contributed by atoms with Crippen LogP contribution in [0.25, 0.3) is 0 Å². The Balaban J connectivity index is 0.00000240. The average molecular weight is 490 g/mol. The van der Waals surface area contributed by atoms with Gasteiger partial charge >= 0.3 is 0 Å². The van der Waals surface area contributed by atoms with E-state index in [1.54, 1.807) is 24.3 Å². The number of halogens is 3. The summed E-state index contributed by atoms with van der Waals surface area (Å²) < 4.78 is 0. The third-order valence-electron chi connectivity index (χ3n) is 5.41. The Morgan fingerprint density at radius 1 is 1.23 bits per heavy atom. The number of aliphatic hydroxyl groups excluding tert-OH is 1. The first-order chi connectivity index (χ1) is 14.0. The Bertz CT molecular complexity index is 828. The molecule has 9 heteroatoms. The quantitative estimate of drug-likeness (QED) is 0.450. The zero-order valence-electron chi connectivity index (χ0n) is 17.7. The number of nitrogens with one attached hydrogen (secondary N) is 3. The van der Waals surface area contributed by atoms with Crippen LogP contribution in [0, 0.1) is 11.8 Å². The minimum atomic E-state index is -0.250. The van der Waals surface area contributed by atoms with Crippen molar-refractivity contribution in [3.8, 4) is 0 Å². The first-order valence-electron chi connectivity index (χ1n) is 10.1. The van der Waals surface area contributed by atoms with Crippen LogP contribution in [0.3, 0.4) is 0 Å². The number of rotatable bonds is 7. The minimum absolute atomic E-state index is 0. The molecule has 1 amide bonds. The van der Waals surface area contributed by atoms with Crippen LogP contribution in [0.1, 0.15) is 42.6 Å². The first kappa shape index (κ1) is 27.5. The maximum atomic E-state index is 13.0. The SMILES string of the molecule is CC(C)C(Nc1cc(CO)ccc1C(=O)Nc1ccc(Cl)cn1)C1CCNCC1.Cl.Cl. The van der Waals surface area contributed by atoms with Crippen molar-refractivity contribution in [3.05, 3.63) is 52.7 Å². The molecule has 2 heterocycles. The molecular formula is C22H31Cl3N4O2. The number of aliphatic hydroxyl groups is 1. The molecule has 172 valence electrons. The smallest absolute Gasteiger partial charge is 0.258 e. The van der Waals surface area contributed by atoms with Crippen molar-refractivity contribution >= 4 is 53.8 Å². The van der Waals surface area contributed by atoms with Gasteiger partial charge in [-0.3, -0.25) is 4.79 Å². The van der Waals surface area contributed by atoms with Gasteiger partial charge in [-0.2, -0.15) is 0 Å². The van der Waals surface area contributed by atoms with E-state index in [1.165, 1.54) is 6.20 Å². The van der Waals surface area contributed by atoms with E-state index in [2.05, 4.69) is 34.8 Å². The molecular weight excluding hydrogens is 459 g/mol. The number of carbonyl (C=O) groups excluding carboxylic acids is 1. The lowest BCUT2D eigenvalue weighted by atomic mass is 9.83. The van der Waals surface area contributed by atoms with Crippen molar-refractivity contribution in [1.29, 1.82) is 0 Å². The van der Waals surface area contributed by atoms with E-state index in [9.17, 15) is 9.90 Å². The lowest BCUT2D eigenvalue weighted by molar-refractivity contribution is 0.102. The van der Waals surface area contributed by atoms with Gasteiger partial charge < -0.3 is 21.1 Å². The van der Waals surface area contributed by atoms with Crippen LogP contribution in [0.5, 0.6) is 0 Å². The van der Waals surface area contributed by atoms with Crippen molar-refractivity contribution in [3.63, 3.8) is 0 Å². The van der Waals surface area contributed by atoms with Crippen LogP contribution in [0.4, 0.5) is 11.5 Å². The predicted molar refractivity (Wildman–Crippen MR) is 132 cm³/mol. The molecule has 1 unspecified atom stereocenters. The van der Waals surface area contributed by atoms with Gasteiger partial charge in [-0.1, -0.05) is 31.5 Å². The topological polar surface area (TPSA) is 86.3 Å². The Morgan fingerprint density at radius 3 is 2.52 bits per heavy atom. The fourth-order valence-electron chi connectivity index (χ4n) is 3.85. The fourth-order valence-corrected chi connectivity index (χ4v) is 3.96. The second-order valence-electron chi connectivity index (χ2n) is 7.86. The van der Waals surface area contributed by atoms with Crippen molar-refractivity contribution in [2.24, 2.45) is 11.8 Å². The highest BCUT2D eigenvalue weighted by molar-refractivity contribution is 6.30. The van der Waals surface area contributed by atoms with Gasteiger partial charge in [0.1, 0.15) is 5.82 Å². The zero-order chi connectivity index (χ0) is 20.8. The molecule has 1 aromatic heterocycles. The number of hydrogen-bond donors (Lipinski definition) is 4. The summed E-state index contributed by atoms with van der Waals surface area (Å²) in [6, 6.07) is 8.97. The molecule has 31 heavy (non-hydrogen) atoms. The maximum absolute atomic E-state index is 13.0. The van der Waals surface area contributed by atoms with Gasteiger partial charge in [0.05, 0.1) is 17.2 Å². The molecule has 0 bridgehead atoms. The zero-order valence-corrected chi connectivity index (χ0v) is 20.1. The molecule has 1 aliphatic rings. The summed E-state index contributed by atoms with van der Waals surface area (Å²) in [5.41, 5.74) is 2.03. The highest BCUT2D eigenvalue weighted by atomic mass is 35.5. The van der Waals surface area contributed by atoms with E-state index in [4.69, 9.17) is 11.6 Å². The summed E-state index contributed by atoms with van der Waals surface area (Å²) in [4.78, 5) is 17.1. The molecule has 4 N–H and O–H groups in total. The number of nitrogens with zero attached hydrogens (tertiary/aromatic N) is 1. The summed E-state index contributed by atoms with van der Waals surface area (Å²) in [5.74, 6) is 1.13. The molecule has 1 aliphatic heterocycles. The average Bonchev–Trinajstić information content (AvgIpc) is 2.73. The standard InChI is InChI=1S/C22H29ClN4O2.2ClH/c1-14(2)21(16-7-9-24-10-8-16)26-19-11-15(13-28)3-5-18(19)22(29)27-20-6-4-17(23)12-25-20;;/h3-6,11-12,14,16,21,24,26,28H,7-10,13H2,1-2H3,(H,25,27,29);2*1H. The summed E-state index contributed by atoms with van der Waals surface area (Å²) in [5, 5.41) is 20.0. The van der Waals surface area contributed by atoms with Gasteiger partial charge in [0, 0.05) is 17.9 Å². The summed E-state index contributed by atoms with van der Waals surface area (Å²) in [7, 11) is 0. The molecule has 2 aromatic rings. The van der Waals surface area contributed by atoms with Gasteiger partial charge in [-0.15, -0.1) is 24.8 Å². The van der Waals surface area contributed by atoms with E-state index in [1.807, 2.05) is 6.07 Å². The van der Waals surface area contributed by atoms with E-state index in [0.717, 1.165) is 37.2 Å². The number of pyridine rings is 1. The Kier molecular flexibility index (Phi) is 11.6. The van der Waals surface area contributed by atoms with E-state index >= 15 is 0 Å². The number of piperidine rings is 1. The molecule has 6 nitrogen and oxygen atoms in total. The van der Waals surface area contributed by atoms with Gasteiger partial charge in [0.2, 0.25) is 0 Å². The van der Waals surface area contributed by atoms with Crippen molar-refractivity contribution in [2.45, 2.75) is 39.3 Å². The van der Waals surface area contributed by atoms with E-state index in [-0.39, 0.29) is 43.4 Å². The molecule has 1 atom stereocenters. The third-order valence-corrected chi connectivity index (χ3v) is 5.64. The molecule has 0 saturated carbocycles. The fraction of sp³-hybridized carbons (Fsp3) is 0.455. The predicted octanol–water partition coefficient (Wildman–Crippen LogP) is 4.76. The van der Waals surface area contributed by atoms with Crippen LogP contribution < -0.4 is 16.0 Å². The normalized spacial score (nSPS) is 14.9. The Labute approximate surface area is 201 Å². The molecule has 3 rings (SSSR count). The lowest BCUT2D eigenvalue weighted by Gasteiger charge is -2.35. The summed E-state index contributed by atoms with van der Waals surface area (Å²) in [6.45, 7) is 6.36. The van der Waals surface area contributed by atoms with Crippen LogP contribution in [-0.2, 0) is 6.61 Å². The lowest BCUT2D eigenvalue weighted by Crippen LogP contribution is -2.41. The second kappa shape index (κ2) is 13.1. The molecule has 1 aromatic carbocycles. The van der Waals surface area contributed by atoms with Crippen LogP contribution in [0.15, 0.2) is 36.5 Å². The molecule has 0 aliphatic carbocycles. The van der Waals surface area contributed by atoms with Crippen LogP contribution in [0.2, 0.25) is 5.02 Å². The Hall–Kier alpha value is -1.57. The molecule has 1 fully saturated rings. The highest BCUT2D eigenvalue weighted by Gasteiger charge is 2.27. The number of benzene rings is 1. The minimum Gasteiger partial charge on any atom is -0.392 e. The summed E-state index contributed by atoms with van der Waals surface area (Å²) in [6.07, 6.45) is 3.70. The second-order valence-corrected chi connectivity index (χ2v) is 8.29. The number of hydrogen-bond acceptors (Lipinski definition) is 5. The largest absolute Gasteiger partial charge is 0.392 e. The van der Waals surface area contributed by atoms with Gasteiger partial charge in [-0.05, 0) is 67.6 Å². The van der Waals surface area contributed by atoms with Crippen LogP contribution >= 0.6 is 36.4 Å². The van der Waals surface area contributed by atoms with Crippen molar-refractivity contribution in [1.82, 2.24) is 10.3 Å². The number of carbonyl (C=O) groups is 1. The van der Waals surface area contributed by atoms with Crippen LogP contribution in [-0.4, -0.2) is 35.1 Å². The molecule has 1 saturated heterocycles.